The van der Waals surface area contributed by atoms with Crippen LogP contribution >= 0.6 is 11.6 Å². The van der Waals surface area contributed by atoms with E-state index in [9.17, 15) is 14.9 Å². The van der Waals surface area contributed by atoms with Crippen molar-refractivity contribution in [2.75, 3.05) is 0 Å². The molecule has 0 N–H and O–H groups in total. The first kappa shape index (κ1) is 13.3. The highest BCUT2D eigenvalue weighted by atomic mass is 35.5. The molecule has 1 aromatic carbocycles. The molecule has 0 saturated heterocycles. The molecule has 2 aromatic rings. The summed E-state index contributed by atoms with van der Waals surface area (Å²) in [5.74, 6) is 0.429. The first-order valence-electron chi connectivity index (χ1n) is 5.60. The Balaban J connectivity index is 2.46. The van der Waals surface area contributed by atoms with Gasteiger partial charge in [0.25, 0.3) is 5.69 Å². The normalized spacial score (nSPS) is 10.4. The Labute approximate surface area is 113 Å². The van der Waals surface area contributed by atoms with Crippen LogP contribution in [0.5, 0.6) is 0 Å². The molecule has 0 aliphatic heterocycles. The molecular formula is C13H10ClNO4. The van der Waals surface area contributed by atoms with Gasteiger partial charge in [-0.25, -0.2) is 0 Å². The van der Waals surface area contributed by atoms with E-state index in [4.69, 9.17) is 16.0 Å². The fourth-order valence-electron chi connectivity index (χ4n) is 1.62. The highest BCUT2D eigenvalue weighted by molar-refractivity contribution is 6.33. The SMILES string of the molecule is CCC(=O)c1ccc(-c2cc([N+](=O)[O-])ccc2Cl)o1. The number of non-ortho nitro benzene ring substituents is 1. The number of rotatable bonds is 4. The number of hydrogen-bond acceptors (Lipinski definition) is 4. The molecule has 0 aliphatic rings. The lowest BCUT2D eigenvalue weighted by molar-refractivity contribution is -0.384. The van der Waals surface area contributed by atoms with Gasteiger partial charge in [-0.1, -0.05) is 18.5 Å². The largest absolute Gasteiger partial charge is 0.453 e. The average Bonchev–Trinajstić information content (AvgIpc) is 2.87. The second kappa shape index (κ2) is 5.24. The summed E-state index contributed by atoms with van der Waals surface area (Å²) in [5.41, 5.74) is 0.310. The van der Waals surface area contributed by atoms with E-state index in [1.807, 2.05) is 0 Å². The molecule has 0 radical (unpaired) electrons. The van der Waals surface area contributed by atoms with E-state index in [-0.39, 0.29) is 17.2 Å². The van der Waals surface area contributed by atoms with Crippen molar-refractivity contribution in [3.05, 3.63) is 51.2 Å². The summed E-state index contributed by atoms with van der Waals surface area (Å²) in [7, 11) is 0. The van der Waals surface area contributed by atoms with Gasteiger partial charge in [-0.15, -0.1) is 0 Å². The maximum absolute atomic E-state index is 11.5. The van der Waals surface area contributed by atoms with Crippen molar-refractivity contribution < 1.29 is 14.1 Å². The van der Waals surface area contributed by atoms with Crippen molar-refractivity contribution in [1.29, 1.82) is 0 Å². The Morgan fingerprint density at radius 3 is 2.74 bits per heavy atom. The van der Waals surface area contributed by atoms with Crippen LogP contribution in [0.1, 0.15) is 23.9 Å². The molecule has 0 aliphatic carbocycles. The minimum absolute atomic E-state index is 0.0841. The Morgan fingerprint density at radius 2 is 2.11 bits per heavy atom. The van der Waals surface area contributed by atoms with Crippen LogP contribution in [0.25, 0.3) is 11.3 Å². The third-order valence-corrected chi connectivity index (χ3v) is 2.96. The number of furan rings is 1. The van der Waals surface area contributed by atoms with E-state index < -0.39 is 4.92 Å². The van der Waals surface area contributed by atoms with Gasteiger partial charge in [0.2, 0.25) is 0 Å². The molecule has 0 amide bonds. The van der Waals surface area contributed by atoms with Crippen LogP contribution in [-0.4, -0.2) is 10.7 Å². The summed E-state index contributed by atoms with van der Waals surface area (Å²) in [6.07, 6.45) is 0.329. The number of nitro benzene ring substituents is 1. The van der Waals surface area contributed by atoms with Gasteiger partial charge in [-0.05, 0) is 18.2 Å². The maximum Gasteiger partial charge on any atom is 0.270 e. The van der Waals surface area contributed by atoms with Crippen molar-refractivity contribution >= 4 is 23.1 Å². The average molecular weight is 280 g/mol. The summed E-state index contributed by atoms with van der Waals surface area (Å²) < 4.78 is 5.38. The highest BCUT2D eigenvalue weighted by Gasteiger charge is 2.16. The molecule has 0 atom stereocenters. The predicted octanol–water partition coefficient (Wildman–Crippen LogP) is 4.10. The van der Waals surface area contributed by atoms with E-state index in [1.165, 1.54) is 24.3 Å². The fraction of sp³-hybridized carbons (Fsp3) is 0.154. The summed E-state index contributed by atoms with van der Waals surface area (Å²) in [6, 6.07) is 7.18. The van der Waals surface area contributed by atoms with Gasteiger partial charge >= 0.3 is 0 Å². The van der Waals surface area contributed by atoms with E-state index in [0.29, 0.717) is 22.8 Å². The quantitative estimate of drug-likeness (QED) is 0.480. The molecule has 2 rings (SSSR count). The topological polar surface area (TPSA) is 73.3 Å². The third kappa shape index (κ3) is 2.66. The first-order valence-corrected chi connectivity index (χ1v) is 5.98. The molecule has 0 spiro atoms. The van der Waals surface area contributed by atoms with Crippen molar-refractivity contribution in [3.63, 3.8) is 0 Å². The Kier molecular flexibility index (Phi) is 3.66. The van der Waals surface area contributed by atoms with Gasteiger partial charge in [-0.3, -0.25) is 14.9 Å². The van der Waals surface area contributed by atoms with Gasteiger partial charge in [0.05, 0.1) is 9.95 Å². The van der Waals surface area contributed by atoms with Crippen LogP contribution in [0.3, 0.4) is 0 Å². The zero-order valence-corrected chi connectivity index (χ0v) is 10.8. The lowest BCUT2D eigenvalue weighted by Crippen LogP contribution is -1.92. The Morgan fingerprint density at radius 1 is 1.37 bits per heavy atom. The smallest absolute Gasteiger partial charge is 0.270 e. The molecule has 0 saturated carbocycles. The molecule has 1 heterocycles. The molecule has 5 nitrogen and oxygen atoms in total. The van der Waals surface area contributed by atoms with Gasteiger partial charge in [0.1, 0.15) is 5.76 Å². The first-order chi connectivity index (χ1) is 9.02. The molecule has 0 bridgehead atoms. The van der Waals surface area contributed by atoms with Gasteiger partial charge < -0.3 is 4.42 Å². The van der Waals surface area contributed by atoms with Crippen molar-refractivity contribution in [2.24, 2.45) is 0 Å². The zero-order valence-electron chi connectivity index (χ0n) is 10.1. The number of Topliss-reactive ketones (excluding diaryl/α,β-unsaturated/α-hetero) is 1. The number of nitrogens with zero attached hydrogens (tertiary/aromatic N) is 1. The predicted molar refractivity (Wildman–Crippen MR) is 70.4 cm³/mol. The van der Waals surface area contributed by atoms with E-state index in [2.05, 4.69) is 0 Å². The van der Waals surface area contributed by atoms with Crippen molar-refractivity contribution in [1.82, 2.24) is 0 Å². The minimum Gasteiger partial charge on any atom is -0.453 e. The number of carbonyl (C=O) groups is 1. The van der Waals surface area contributed by atoms with Gasteiger partial charge in [0.15, 0.2) is 11.5 Å². The maximum atomic E-state index is 11.5. The van der Waals surface area contributed by atoms with E-state index in [0.717, 1.165) is 0 Å². The lowest BCUT2D eigenvalue weighted by atomic mass is 10.1. The number of halogens is 1. The summed E-state index contributed by atoms with van der Waals surface area (Å²) >= 11 is 5.99. The standard InChI is InChI=1S/C13H10ClNO4/c1-2-11(16)13-6-5-12(19-13)9-7-8(15(17)18)3-4-10(9)14/h3-7H,2H2,1H3. The highest BCUT2D eigenvalue weighted by Crippen LogP contribution is 2.32. The molecule has 19 heavy (non-hydrogen) atoms. The number of nitro groups is 1. The third-order valence-electron chi connectivity index (χ3n) is 2.63. The van der Waals surface area contributed by atoms with Crippen LogP contribution in [0, 0.1) is 10.1 Å². The van der Waals surface area contributed by atoms with Crippen molar-refractivity contribution in [3.8, 4) is 11.3 Å². The molecule has 6 heteroatoms. The second-order valence-electron chi connectivity index (χ2n) is 3.86. The Hall–Kier alpha value is -2.14. The van der Waals surface area contributed by atoms with Gasteiger partial charge in [-0.2, -0.15) is 0 Å². The zero-order chi connectivity index (χ0) is 14.0. The fourth-order valence-corrected chi connectivity index (χ4v) is 1.83. The molecule has 98 valence electrons. The molecule has 0 unspecified atom stereocenters. The van der Waals surface area contributed by atoms with Crippen LogP contribution in [-0.2, 0) is 0 Å². The number of benzene rings is 1. The molecule has 0 fully saturated rings. The van der Waals surface area contributed by atoms with Crippen LogP contribution in [0.4, 0.5) is 5.69 Å². The second-order valence-corrected chi connectivity index (χ2v) is 4.27. The van der Waals surface area contributed by atoms with E-state index in [1.54, 1.807) is 13.0 Å². The Bertz CT molecular complexity index is 648. The number of hydrogen-bond donors (Lipinski definition) is 0. The van der Waals surface area contributed by atoms with E-state index >= 15 is 0 Å². The summed E-state index contributed by atoms with van der Waals surface area (Å²) in [5, 5.41) is 11.1. The minimum atomic E-state index is -0.513. The molecule has 1 aromatic heterocycles. The summed E-state index contributed by atoms with van der Waals surface area (Å²) in [4.78, 5) is 21.7. The van der Waals surface area contributed by atoms with Crippen molar-refractivity contribution in [2.45, 2.75) is 13.3 Å². The monoisotopic (exact) mass is 279 g/mol. The van der Waals surface area contributed by atoms with Crippen LogP contribution < -0.4 is 0 Å². The summed E-state index contributed by atoms with van der Waals surface area (Å²) in [6.45, 7) is 1.73. The van der Waals surface area contributed by atoms with Crippen LogP contribution in [0.15, 0.2) is 34.7 Å². The lowest BCUT2D eigenvalue weighted by Gasteiger charge is -2.00. The number of ketones is 1. The van der Waals surface area contributed by atoms with Gasteiger partial charge in [0, 0.05) is 24.1 Å². The number of carbonyl (C=O) groups excluding carboxylic acids is 1. The molecular weight excluding hydrogens is 270 g/mol. The van der Waals surface area contributed by atoms with Crippen LogP contribution in [0.2, 0.25) is 5.02 Å².